The third-order valence-corrected chi connectivity index (χ3v) is 11.2. The molecule has 1 saturated carbocycles. The van der Waals surface area contributed by atoms with Gasteiger partial charge in [0.15, 0.2) is 33.0 Å². The molecule has 4 atom stereocenters. The van der Waals surface area contributed by atoms with E-state index >= 15 is 8.78 Å². The fourth-order valence-corrected chi connectivity index (χ4v) is 8.44. The van der Waals surface area contributed by atoms with Gasteiger partial charge < -0.3 is 5.11 Å². The zero-order valence-corrected chi connectivity index (χ0v) is 26.5. The van der Waals surface area contributed by atoms with Crippen LogP contribution in [-0.4, -0.2) is 40.6 Å². The number of amides is 2. The number of aromatic nitrogens is 3. The minimum Gasteiger partial charge on any atom is -0.507 e. The van der Waals surface area contributed by atoms with Gasteiger partial charge in [-0.2, -0.15) is 0 Å². The summed E-state index contributed by atoms with van der Waals surface area (Å²) in [5, 5.41) is 11.2. The molecule has 0 radical (unpaired) electrons. The number of hydrogen-bond donors (Lipinski definition) is 1. The topological polar surface area (TPSA) is 107 Å². The average Bonchev–Trinajstić information content (AvgIpc) is 3.45. The quantitative estimate of drug-likeness (QED) is 0.0655. The van der Waals surface area contributed by atoms with Gasteiger partial charge in [-0.05, 0) is 34.7 Å². The van der Waals surface area contributed by atoms with Gasteiger partial charge >= 0.3 is 11.4 Å². The van der Waals surface area contributed by atoms with Crippen LogP contribution in [0.3, 0.4) is 0 Å². The van der Waals surface area contributed by atoms with Gasteiger partial charge in [-0.15, -0.1) is 23.2 Å². The summed E-state index contributed by atoms with van der Waals surface area (Å²) in [4.78, 5) is 50.9. The molecule has 1 aromatic heterocycles. The Morgan fingerprint density at radius 2 is 1.32 bits per heavy atom. The van der Waals surface area contributed by atoms with Crippen LogP contribution in [0.1, 0.15) is 23.9 Å². The minimum absolute atomic E-state index is 0.168. The summed E-state index contributed by atoms with van der Waals surface area (Å²) >= 11 is 14.4. The van der Waals surface area contributed by atoms with Crippen molar-refractivity contribution in [3.63, 3.8) is 0 Å². The number of carbonyl (C=O) groups is 2. The van der Waals surface area contributed by atoms with Gasteiger partial charge in [0.25, 0.3) is 11.8 Å². The van der Waals surface area contributed by atoms with Gasteiger partial charge in [0.2, 0.25) is 5.82 Å². The van der Waals surface area contributed by atoms with Gasteiger partial charge in [-0.25, -0.2) is 50.4 Å². The molecule has 1 saturated heterocycles. The van der Waals surface area contributed by atoms with Crippen molar-refractivity contribution < 1.29 is 36.6 Å². The largest absolute Gasteiger partial charge is 0.507 e. The number of nitrogens with zero attached hydrogens (tertiary/aromatic N) is 4. The van der Waals surface area contributed by atoms with E-state index in [2.05, 4.69) is 0 Å². The second-order valence-electron chi connectivity index (χ2n) is 12.1. The fraction of sp³-hybridized carbons (Fsp3) is 0.176. The highest BCUT2D eigenvalue weighted by Gasteiger charge is 2.76. The SMILES string of the molecule is O=C1N(c2c(F)c(F)c(F)c(F)c2F)C(=O)C2(Cl)C(c3ccc(O)c4ccccc34)C3=CCn4c(=O)n(-c5ccccc5)c(=O)n4C3CC12Cl. The van der Waals surface area contributed by atoms with Crippen LogP contribution in [0.15, 0.2) is 88.0 Å². The predicted molar refractivity (Wildman–Crippen MR) is 170 cm³/mol. The smallest absolute Gasteiger partial charge is 0.352 e. The molecule has 0 bridgehead atoms. The lowest BCUT2D eigenvalue weighted by Crippen LogP contribution is -2.59. The zero-order chi connectivity index (χ0) is 35.6. The number of allylic oxidation sites excluding steroid dienone is 2. The van der Waals surface area contributed by atoms with Crippen molar-refractivity contribution in [2.24, 2.45) is 0 Å². The Kier molecular flexibility index (Phi) is 6.82. The van der Waals surface area contributed by atoms with Crippen molar-refractivity contribution >= 4 is 51.5 Å². The molecule has 16 heteroatoms. The number of rotatable bonds is 3. The summed E-state index contributed by atoms with van der Waals surface area (Å²) in [6, 6.07) is 15.6. The standard InChI is InChI=1S/C34H19Cl2F5N4O5/c35-33-14-20-19(12-13-42-31(49)43(32(50)45(20)42)15-6-2-1-3-7-15)22(18-10-11-21(46)17-9-5-4-8-16(17)18)34(33,36)30(48)44(29(33)47)28-26(40)24(38)23(37)25(39)27(28)41/h1-12,20,22,46H,13-14H2. The van der Waals surface area contributed by atoms with Crippen molar-refractivity contribution in [1.82, 2.24) is 13.9 Å². The number of alkyl halides is 2. The number of hydrogen-bond acceptors (Lipinski definition) is 5. The Labute approximate surface area is 286 Å². The van der Waals surface area contributed by atoms with E-state index in [-0.39, 0.29) is 39.4 Å². The van der Waals surface area contributed by atoms with Gasteiger partial charge in [0, 0.05) is 17.7 Å². The van der Waals surface area contributed by atoms with Crippen molar-refractivity contribution in [2.45, 2.75) is 34.7 Å². The predicted octanol–water partition coefficient (Wildman–Crippen LogP) is 5.55. The van der Waals surface area contributed by atoms with Gasteiger partial charge in [-0.1, -0.05) is 54.6 Å². The average molecular weight is 729 g/mol. The number of para-hydroxylation sites is 1. The summed E-state index contributed by atoms with van der Waals surface area (Å²) in [5.74, 6) is -17.3. The van der Waals surface area contributed by atoms with Crippen LogP contribution >= 0.6 is 23.2 Å². The van der Waals surface area contributed by atoms with E-state index in [0.29, 0.717) is 5.39 Å². The molecule has 1 aliphatic carbocycles. The number of benzene rings is 4. The lowest BCUT2D eigenvalue weighted by molar-refractivity contribution is -0.122. The number of phenols is 1. The van der Waals surface area contributed by atoms with Crippen molar-refractivity contribution in [3.8, 4) is 11.4 Å². The number of imide groups is 1. The number of anilines is 1. The zero-order valence-electron chi connectivity index (χ0n) is 25.0. The molecule has 1 N–H and O–H groups in total. The maximum absolute atomic E-state index is 15.3. The highest BCUT2D eigenvalue weighted by molar-refractivity contribution is 6.58. The molecule has 254 valence electrons. The molecule has 3 aliphatic rings. The fourth-order valence-electron chi connectivity index (χ4n) is 7.53. The van der Waals surface area contributed by atoms with Crippen molar-refractivity contribution in [2.75, 3.05) is 4.90 Å². The molecule has 2 aliphatic heterocycles. The lowest BCUT2D eigenvalue weighted by atomic mass is 9.63. The summed E-state index contributed by atoms with van der Waals surface area (Å²) < 4.78 is 76.6. The first-order valence-electron chi connectivity index (χ1n) is 14.9. The molecule has 8 rings (SSSR count). The molecule has 9 nitrogen and oxygen atoms in total. The number of phenolic OH excluding ortho intramolecular Hbond substituents is 1. The maximum atomic E-state index is 15.3. The summed E-state index contributed by atoms with van der Waals surface area (Å²) in [6.07, 6.45) is 0.775. The Morgan fingerprint density at radius 1 is 0.720 bits per heavy atom. The number of fused-ring (bicyclic) bond motifs is 5. The molecule has 4 aromatic carbocycles. The van der Waals surface area contributed by atoms with E-state index in [4.69, 9.17) is 23.2 Å². The molecule has 4 unspecified atom stereocenters. The number of halogens is 7. The Morgan fingerprint density at radius 3 is 1.98 bits per heavy atom. The Balaban J connectivity index is 1.43. The van der Waals surface area contributed by atoms with E-state index in [1.165, 1.54) is 30.3 Å². The van der Waals surface area contributed by atoms with E-state index < -0.39 is 86.1 Å². The van der Waals surface area contributed by atoms with Crippen LogP contribution in [0.4, 0.5) is 27.6 Å². The number of aromatic hydroxyl groups is 1. The monoisotopic (exact) mass is 728 g/mol. The second kappa shape index (κ2) is 10.6. The summed E-state index contributed by atoms with van der Waals surface area (Å²) in [7, 11) is 0. The van der Waals surface area contributed by atoms with Crippen LogP contribution in [0, 0.1) is 29.1 Å². The Bertz CT molecular complexity index is 2490. The molecular weight excluding hydrogens is 710 g/mol. The summed E-state index contributed by atoms with van der Waals surface area (Å²) in [6.45, 7) is -0.238. The molecule has 2 fully saturated rings. The first kappa shape index (κ1) is 32.0. The van der Waals surface area contributed by atoms with Crippen molar-refractivity contribution in [1.29, 1.82) is 0 Å². The van der Waals surface area contributed by atoms with E-state index in [1.54, 1.807) is 42.5 Å². The third kappa shape index (κ3) is 3.82. The third-order valence-electron chi connectivity index (χ3n) is 9.75. The van der Waals surface area contributed by atoms with Crippen LogP contribution in [0.2, 0.25) is 0 Å². The first-order valence-corrected chi connectivity index (χ1v) is 15.7. The molecular formula is C34H19Cl2F5N4O5. The van der Waals surface area contributed by atoms with E-state index in [9.17, 15) is 37.5 Å². The van der Waals surface area contributed by atoms with Crippen LogP contribution in [-0.2, 0) is 16.1 Å². The Hall–Kier alpha value is -5.21. The van der Waals surface area contributed by atoms with Gasteiger partial charge in [-0.3, -0.25) is 9.59 Å². The van der Waals surface area contributed by atoms with E-state index in [0.717, 1.165) is 13.9 Å². The highest BCUT2D eigenvalue weighted by atomic mass is 35.5. The van der Waals surface area contributed by atoms with Crippen LogP contribution < -0.4 is 16.3 Å². The normalized spacial score (nSPS) is 24.3. The molecule has 3 heterocycles. The van der Waals surface area contributed by atoms with Gasteiger partial charge in [0.05, 0.1) is 18.3 Å². The van der Waals surface area contributed by atoms with Gasteiger partial charge in [0.1, 0.15) is 11.4 Å². The maximum Gasteiger partial charge on any atom is 0.352 e. The molecule has 2 amide bonds. The lowest BCUT2D eigenvalue weighted by Gasteiger charge is -2.49. The number of carbonyl (C=O) groups excluding carboxylic acids is 2. The molecule has 0 spiro atoms. The first-order chi connectivity index (χ1) is 23.8. The van der Waals surface area contributed by atoms with Crippen molar-refractivity contribution in [3.05, 3.63) is 134 Å². The van der Waals surface area contributed by atoms with Crippen LogP contribution in [0.5, 0.6) is 5.75 Å². The molecule has 5 aromatic rings. The van der Waals surface area contributed by atoms with E-state index in [1.807, 2.05) is 0 Å². The second-order valence-corrected chi connectivity index (χ2v) is 13.4. The summed E-state index contributed by atoms with van der Waals surface area (Å²) in [5.41, 5.74) is -2.91. The molecule has 50 heavy (non-hydrogen) atoms. The minimum atomic E-state index is -2.72. The van der Waals surface area contributed by atoms with Crippen LogP contribution in [0.25, 0.3) is 16.5 Å². The highest BCUT2D eigenvalue weighted by Crippen LogP contribution is 2.64.